The average molecular weight is 330 g/mol. The Hall–Kier alpha value is -2.34. The van der Waals surface area contributed by atoms with Crippen molar-refractivity contribution in [1.29, 1.82) is 0 Å². The lowest BCUT2D eigenvalue weighted by Crippen LogP contribution is -2.38. The van der Waals surface area contributed by atoms with Gasteiger partial charge in [0.25, 0.3) is 0 Å². The Bertz CT molecular complexity index is 796. The number of halogens is 1. The van der Waals surface area contributed by atoms with Gasteiger partial charge in [-0.05, 0) is 12.1 Å². The first-order chi connectivity index (χ1) is 11.3. The number of ether oxygens (including phenoxy) is 1. The van der Waals surface area contributed by atoms with Gasteiger partial charge >= 0.3 is 0 Å². The summed E-state index contributed by atoms with van der Waals surface area (Å²) in [5.41, 5.74) is 0.797. The molecule has 1 aliphatic rings. The summed E-state index contributed by atoms with van der Waals surface area (Å²) in [6.45, 7) is 1.82. The predicted octanol–water partition coefficient (Wildman–Crippen LogP) is 2.83. The Morgan fingerprint density at radius 2 is 2.00 bits per heavy atom. The van der Waals surface area contributed by atoms with Crippen molar-refractivity contribution < 1.29 is 4.74 Å². The van der Waals surface area contributed by atoms with E-state index in [1.54, 1.807) is 16.9 Å². The second kappa shape index (κ2) is 6.04. The molecule has 3 aromatic rings. The molecule has 3 aromatic heterocycles. The lowest BCUT2D eigenvalue weighted by molar-refractivity contribution is 0.164. The van der Waals surface area contributed by atoms with E-state index in [1.165, 1.54) is 0 Å². The van der Waals surface area contributed by atoms with E-state index in [2.05, 4.69) is 20.0 Å². The zero-order chi connectivity index (χ0) is 15.6. The highest BCUT2D eigenvalue weighted by Gasteiger charge is 2.21. The van der Waals surface area contributed by atoms with E-state index in [0.717, 1.165) is 37.4 Å². The maximum atomic E-state index is 6.02. The van der Waals surface area contributed by atoms with Crippen molar-refractivity contribution in [2.45, 2.75) is 18.9 Å². The molecule has 1 aliphatic heterocycles. The molecule has 23 heavy (non-hydrogen) atoms. The van der Waals surface area contributed by atoms with Crippen LogP contribution in [-0.2, 0) is 0 Å². The largest absolute Gasteiger partial charge is 0.474 e. The fourth-order valence-corrected chi connectivity index (χ4v) is 2.90. The molecule has 4 rings (SSSR count). The fraction of sp³-hybridized carbons (Fsp3) is 0.312. The summed E-state index contributed by atoms with van der Waals surface area (Å²) >= 11 is 5.88. The van der Waals surface area contributed by atoms with Crippen LogP contribution in [0.1, 0.15) is 12.8 Å². The molecule has 0 unspecified atom stereocenters. The summed E-state index contributed by atoms with van der Waals surface area (Å²) in [6.07, 6.45) is 7.34. The molecule has 118 valence electrons. The number of piperidine rings is 1. The predicted molar refractivity (Wildman–Crippen MR) is 88.1 cm³/mol. The van der Waals surface area contributed by atoms with Gasteiger partial charge in [-0.15, -0.1) is 0 Å². The minimum atomic E-state index is 0.177. The molecule has 6 nitrogen and oxygen atoms in total. The molecule has 0 radical (unpaired) electrons. The van der Waals surface area contributed by atoms with E-state index in [0.29, 0.717) is 10.9 Å². The Kier molecular flexibility index (Phi) is 3.75. The molecule has 0 bridgehead atoms. The normalized spacial score (nSPS) is 16.0. The molecule has 0 atom stereocenters. The van der Waals surface area contributed by atoms with Gasteiger partial charge in [0.05, 0.1) is 11.2 Å². The van der Waals surface area contributed by atoms with Gasteiger partial charge in [-0.2, -0.15) is 10.1 Å². The van der Waals surface area contributed by atoms with Gasteiger partial charge in [-0.1, -0.05) is 11.6 Å². The highest BCUT2D eigenvalue weighted by molar-refractivity contribution is 6.30. The molecule has 7 heteroatoms. The van der Waals surface area contributed by atoms with Crippen LogP contribution < -0.4 is 9.64 Å². The summed E-state index contributed by atoms with van der Waals surface area (Å²) in [4.78, 5) is 11.1. The molecule has 4 heterocycles. The van der Waals surface area contributed by atoms with Crippen molar-refractivity contribution in [3.8, 4) is 5.88 Å². The molecule has 0 amide bonds. The highest BCUT2D eigenvalue weighted by atomic mass is 35.5. The first kappa shape index (κ1) is 14.3. The number of pyridine rings is 1. The van der Waals surface area contributed by atoms with Gasteiger partial charge in [0.1, 0.15) is 11.9 Å². The number of hydrogen-bond donors (Lipinski definition) is 0. The van der Waals surface area contributed by atoms with Gasteiger partial charge in [-0.25, -0.2) is 9.50 Å². The van der Waals surface area contributed by atoms with E-state index in [1.807, 2.05) is 30.5 Å². The van der Waals surface area contributed by atoms with E-state index in [9.17, 15) is 0 Å². The van der Waals surface area contributed by atoms with E-state index >= 15 is 0 Å². The van der Waals surface area contributed by atoms with Crippen molar-refractivity contribution in [3.05, 3.63) is 47.9 Å². The second-order valence-corrected chi connectivity index (χ2v) is 5.98. The van der Waals surface area contributed by atoms with Crippen LogP contribution in [0.4, 0.5) is 5.82 Å². The van der Waals surface area contributed by atoms with Gasteiger partial charge in [0, 0.05) is 50.5 Å². The average Bonchev–Trinajstić information content (AvgIpc) is 3.04. The standard InChI is InChI=1S/C16H16ClN5O/c17-12-1-2-14(18-11-12)21-8-4-13(5-9-21)23-16-6-10-22-15(20-16)3-7-19-22/h1-3,6-7,10-11,13H,4-5,8-9H2. The van der Waals surface area contributed by atoms with Crippen molar-refractivity contribution in [2.24, 2.45) is 0 Å². The van der Waals surface area contributed by atoms with Gasteiger partial charge in [0.15, 0.2) is 5.65 Å². The van der Waals surface area contributed by atoms with Gasteiger partial charge in [0.2, 0.25) is 5.88 Å². The summed E-state index contributed by atoms with van der Waals surface area (Å²) in [5.74, 6) is 1.62. The second-order valence-electron chi connectivity index (χ2n) is 5.54. The van der Waals surface area contributed by atoms with Crippen LogP contribution in [0.5, 0.6) is 5.88 Å². The molecule has 1 saturated heterocycles. The lowest BCUT2D eigenvalue weighted by atomic mass is 10.1. The topological polar surface area (TPSA) is 55.6 Å². The zero-order valence-electron chi connectivity index (χ0n) is 12.5. The van der Waals surface area contributed by atoms with Crippen molar-refractivity contribution in [2.75, 3.05) is 18.0 Å². The van der Waals surface area contributed by atoms with E-state index in [-0.39, 0.29) is 6.10 Å². The van der Waals surface area contributed by atoms with Crippen LogP contribution in [0.2, 0.25) is 5.02 Å². The van der Waals surface area contributed by atoms with Crippen LogP contribution in [-0.4, -0.2) is 38.8 Å². The number of anilines is 1. The molecular weight excluding hydrogens is 314 g/mol. The van der Waals surface area contributed by atoms with E-state index in [4.69, 9.17) is 16.3 Å². The smallest absolute Gasteiger partial charge is 0.217 e. The first-order valence-corrected chi connectivity index (χ1v) is 7.99. The van der Waals surface area contributed by atoms with Gasteiger partial charge < -0.3 is 9.64 Å². The number of aromatic nitrogens is 4. The molecule has 0 aromatic carbocycles. The molecule has 1 fully saturated rings. The molecule has 0 N–H and O–H groups in total. The summed E-state index contributed by atoms with van der Waals surface area (Å²) in [6, 6.07) is 7.55. The van der Waals surface area contributed by atoms with Crippen LogP contribution in [0, 0.1) is 0 Å². The molecular formula is C16H16ClN5O. The van der Waals surface area contributed by atoms with Crippen LogP contribution in [0.25, 0.3) is 5.65 Å². The number of hydrogen-bond acceptors (Lipinski definition) is 5. The van der Waals surface area contributed by atoms with Crippen molar-refractivity contribution in [1.82, 2.24) is 19.6 Å². The fourth-order valence-electron chi connectivity index (χ4n) is 2.79. The van der Waals surface area contributed by atoms with Crippen molar-refractivity contribution in [3.63, 3.8) is 0 Å². The Morgan fingerprint density at radius 1 is 1.13 bits per heavy atom. The molecule has 0 spiro atoms. The highest BCUT2D eigenvalue weighted by Crippen LogP contribution is 2.22. The minimum absolute atomic E-state index is 0.177. The Balaban J connectivity index is 1.38. The Labute approximate surface area is 138 Å². The molecule has 0 saturated carbocycles. The van der Waals surface area contributed by atoms with E-state index < -0.39 is 0 Å². The Morgan fingerprint density at radius 3 is 2.78 bits per heavy atom. The zero-order valence-corrected chi connectivity index (χ0v) is 13.2. The number of rotatable bonds is 3. The van der Waals surface area contributed by atoms with Crippen LogP contribution >= 0.6 is 11.6 Å². The SMILES string of the molecule is Clc1ccc(N2CCC(Oc3ccn4nccc4n3)CC2)nc1. The molecule has 0 aliphatic carbocycles. The third-order valence-corrected chi connectivity index (χ3v) is 4.22. The summed E-state index contributed by atoms with van der Waals surface area (Å²) < 4.78 is 7.74. The number of fused-ring (bicyclic) bond motifs is 1. The first-order valence-electron chi connectivity index (χ1n) is 7.61. The minimum Gasteiger partial charge on any atom is -0.474 e. The lowest BCUT2D eigenvalue weighted by Gasteiger charge is -2.32. The summed E-state index contributed by atoms with van der Waals surface area (Å²) in [5, 5.41) is 4.79. The maximum absolute atomic E-state index is 6.02. The van der Waals surface area contributed by atoms with Crippen molar-refractivity contribution >= 4 is 23.1 Å². The van der Waals surface area contributed by atoms with Crippen LogP contribution in [0.15, 0.2) is 42.9 Å². The third-order valence-electron chi connectivity index (χ3n) is 4.00. The van der Waals surface area contributed by atoms with Gasteiger partial charge in [-0.3, -0.25) is 0 Å². The quantitative estimate of drug-likeness (QED) is 0.739. The third kappa shape index (κ3) is 3.07. The van der Waals surface area contributed by atoms with Crippen LogP contribution in [0.3, 0.4) is 0 Å². The maximum Gasteiger partial charge on any atom is 0.217 e. The number of nitrogens with zero attached hydrogens (tertiary/aromatic N) is 5. The summed E-state index contributed by atoms with van der Waals surface area (Å²) in [7, 11) is 0. The monoisotopic (exact) mass is 329 g/mol.